The largest absolute Gasteiger partial charge is 2.00 e. The van der Waals surface area contributed by atoms with Crippen LogP contribution in [-0.4, -0.2) is 0 Å². The van der Waals surface area contributed by atoms with Gasteiger partial charge in [-0.2, -0.15) is 12.8 Å². The van der Waals surface area contributed by atoms with Gasteiger partial charge in [0, 0.05) is 0 Å². The smallest absolute Gasteiger partial charge is 0.333 e. The third-order valence-corrected chi connectivity index (χ3v) is 2.87. The van der Waals surface area contributed by atoms with Gasteiger partial charge in [0.25, 0.3) is 0 Å². The summed E-state index contributed by atoms with van der Waals surface area (Å²) in [6.07, 6.45) is 9.50. The summed E-state index contributed by atoms with van der Waals surface area (Å²) < 4.78 is 0. The molecule has 1 aromatic carbocycles. The average Bonchev–Trinajstić information content (AvgIpc) is 2.32. The Labute approximate surface area is 120 Å². The molecular formula is C16H24Zn. The summed E-state index contributed by atoms with van der Waals surface area (Å²) in [5, 5.41) is 0. The van der Waals surface area contributed by atoms with Crippen LogP contribution in [0, 0.1) is 13.3 Å². The van der Waals surface area contributed by atoms with Crippen molar-refractivity contribution >= 4 is 0 Å². The van der Waals surface area contributed by atoms with Gasteiger partial charge in [-0.15, -0.1) is 5.41 Å². The minimum atomic E-state index is 0. The molecule has 1 aliphatic carbocycles. The normalized spacial score (nSPS) is 15.2. The Bertz CT molecular complexity index is 256. The molecule has 0 amide bonds. The molecular weight excluding hydrogens is 258 g/mol. The zero-order valence-corrected chi connectivity index (χ0v) is 14.4. The van der Waals surface area contributed by atoms with Gasteiger partial charge in [-0.1, -0.05) is 69.0 Å². The van der Waals surface area contributed by atoms with Crippen molar-refractivity contribution in [3.63, 3.8) is 0 Å². The summed E-state index contributed by atoms with van der Waals surface area (Å²) in [4.78, 5) is 0. The molecule has 0 heterocycles. The molecule has 0 nitrogen and oxygen atoms in total. The summed E-state index contributed by atoms with van der Waals surface area (Å²) in [6.45, 7) is 8.27. The Morgan fingerprint density at radius 2 is 1.53 bits per heavy atom. The minimum Gasteiger partial charge on any atom is -0.333 e. The number of rotatable bonds is 1. The van der Waals surface area contributed by atoms with E-state index in [2.05, 4.69) is 39.3 Å². The Morgan fingerprint density at radius 3 is 1.76 bits per heavy atom. The van der Waals surface area contributed by atoms with Gasteiger partial charge in [-0.05, 0) is 0 Å². The zero-order valence-electron chi connectivity index (χ0n) is 11.4. The molecule has 0 unspecified atom stereocenters. The van der Waals surface area contributed by atoms with Crippen molar-refractivity contribution in [2.24, 2.45) is 0 Å². The van der Waals surface area contributed by atoms with Crippen molar-refractivity contribution < 1.29 is 19.5 Å². The summed E-state index contributed by atoms with van der Waals surface area (Å²) in [5.41, 5.74) is 1.33. The van der Waals surface area contributed by atoms with E-state index < -0.39 is 0 Å². The second-order valence-electron chi connectivity index (χ2n) is 5.18. The fraction of sp³-hybridized carbons (Fsp3) is 0.500. The topological polar surface area (TPSA) is 0 Å². The summed E-state index contributed by atoms with van der Waals surface area (Å²) in [7, 11) is 0. The van der Waals surface area contributed by atoms with E-state index in [-0.39, 0.29) is 24.9 Å². The fourth-order valence-electron chi connectivity index (χ4n) is 1.79. The van der Waals surface area contributed by atoms with Crippen molar-refractivity contribution in [2.45, 2.75) is 51.4 Å². The fourth-order valence-corrected chi connectivity index (χ4v) is 1.79. The van der Waals surface area contributed by atoms with Crippen molar-refractivity contribution in [3.8, 4) is 0 Å². The molecule has 1 heteroatoms. The summed E-state index contributed by atoms with van der Waals surface area (Å²) >= 11 is 0. The minimum absolute atomic E-state index is 0. The van der Waals surface area contributed by atoms with Crippen LogP contribution >= 0.6 is 0 Å². The molecule has 1 saturated carbocycles. The molecule has 17 heavy (non-hydrogen) atoms. The molecule has 90 valence electrons. The molecule has 0 bridgehead atoms. The van der Waals surface area contributed by atoms with Gasteiger partial charge in [-0.25, -0.2) is 0 Å². The molecule has 1 aromatic rings. The second kappa shape index (κ2) is 8.87. The molecule has 0 spiro atoms. The first-order chi connectivity index (χ1) is 7.61. The van der Waals surface area contributed by atoms with Crippen LogP contribution in [-0.2, 0) is 24.9 Å². The Kier molecular flexibility index (Phi) is 8.78. The second-order valence-corrected chi connectivity index (χ2v) is 5.18. The average molecular weight is 282 g/mol. The maximum atomic E-state index is 4.04. The van der Waals surface area contributed by atoms with Gasteiger partial charge >= 0.3 is 19.5 Å². The molecule has 1 aliphatic rings. The standard InChI is InChI=1S/C10H13.C6H11.Zn/c1-10(2,3)9-7-5-4-6-8-9;1-2-4-6-5-3-1;/h4-8H,1H2,2-3H3;1H,2-6H2;/q2*-1;+2. The molecule has 0 aromatic heterocycles. The molecule has 0 radical (unpaired) electrons. The van der Waals surface area contributed by atoms with Crippen LogP contribution < -0.4 is 0 Å². The van der Waals surface area contributed by atoms with E-state index in [1.54, 1.807) is 0 Å². The van der Waals surface area contributed by atoms with Crippen LogP contribution in [0.25, 0.3) is 0 Å². The Balaban J connectivity index is 0.000000316. The van der Waals surface area contributed by atoms with Crippen LogP contribution in [0.4, 0.5) is 0 Å². The quantitative estimate of drug-likeness (QED) is 0.505. The maximum absolute atomic E-state index is 4.04. The van der Waals surface area contributed by atoms with Gasteiger partial charge in [0.1, 0.15) is 0 Å². The molecule has 0 aliphatic heterocycles. The monoisotopic (exact) mass is 280 g/mol. The SMILES string of the molecule is [CH-]1CCCCC1.[CH2-]C(C)(C)c1ccccc1.[Zn+2]. The molecule has 2 rings (SSSR count). The van der Waals surface area contributed by atoms with Crippen LogP contribution in [0.3, 0.4) is 0 Å². The van der Waals surface area contributed by atoms with Gasteiger partial charge < -0.3 is 13.3 Å². The maximum Gasteiger partial charge on any atom is 2.00 e. The predicted molar refractivity (Wildman–Crippen MR) is 72.2 cm³/mol. The van der Waals surface area contributed by atoms with Crippen LogP contribution in [0.5, 0.6) is 0 Å². The first-order valence-electron chi connectivity index (χ1n) is 6.33. The first kappa shape index (κ1) is 16.8. The van der Waals surface area contributed by atoms with Crippen molar-refractivity contribution in [3.05, 3.63) is 49.2 Å². The first-order valence-corrected chi connectivity index (χ1v) is 6.33. The van der Waals surface area contributed by atoms with E-state index in [0.717, 1.165) is 0 Å². The third-order valence-electron chi connectivity index (χ3n) is 2.87. The van der Waals surface area contributed by atoms with Crippen molar-refractivity contribution in [1.82, 2.24) is 0 Å². The van der Waals surface area contributed by atoms with E-state index in [1.165, 1.54) is 37.7 Å². The van der Waals surface area contributed by atoms with Crippen molar-refractivity contribution in [1.29, 1.82) is 0 Å². The van der Waals surface area contributed by atoms with Gasteiger partial charge in [0.2, 0.25) is 0 Å². The van der Waals surface area contributed by atoms with E-state index in [0.29, 0.717) is 0 Å². The third kappa shape index (κ3) is 7.71. The molecule has 1 fully saturated rings. The predicted octanol–water partition coefficient (Wildman–Crippen LogP) is 4.95. The van der Waals surface area contributed by atoms with Crippen LogP contribution in [0.1, 0.15) is 51.5 Å². The van der Waals surface area contributed by atoms with Crippen LogP contribution in [0.2, 0.25) is 0 Å². The Hall–Kier alpha value is -0.157. The van der Waals surface area contributed by atoms with Gasteiger partial charge in [0.15, 0.2) is 0 Å². The van der Waals surface area contributed by atoms with Crippen LogP contribution in [0.15, 0.2) is 30.3 Å². The number of hydrogen-bond donors (Lipinski definition) is 0. The molecule has 0 saturated heterocycles. The number of hydrogen-bond acceptors (Lipinski definition) is 0. The van der Waals surface area contributed by atoms with E-state index in [9.17, 15) is 0 Å². The summed E-state index contributed by atoms with van der Waals surface area (Å²) in [5.74, 6) is 0. The molecule has 0 N–H and O–H groups in total. The number of benzene rings is 1. The zero-order chi connectivity index (χ0) is 11.9. The van der Waals surface area contributed by atoms with E-state index in [4.69, 9.17) is 0 Å². The van der Waals surface area contributed by atoms with Crippen molar-refractivity contribution in [2.75, 3.05) is 0 Å². The summed E-state index contributed by atoms with van der Waals surface area (Å²) in [6, 6.07) is 10.3. The Morgan fingerprint density at radius 1 is 1.00 bits per heavy atom. The molecule has 0 atom stereocenters. The van der Waals surface area contributed by atoms with Gasteiger partial charge in [0.05, 0.1) is 0 Å². The van der Waals surface area contributed by atoms with E-state index >= 15 is 0 Å². The van der Waals surface area contributed by atoms with E-state index in [1.807, 2.05) is 18.2 Å². The van der Waals surface area contributed by atoms with Gasteiger partial charge in [-0.3, -0.25) is 0 Å².